The second kappa shape index (κ2) is 14.3. The summed E-state index contributed by atoms with van der Waals surface area (Å²) < 4.78 is 15.1. The third-order valence-electron chi connectivity index (χ3n) is 3.39. The summed E-state index contributed by atoms with van der Waals surface area (Å²) in [5.74, 6) is -0.688. The summed E-state index contributed by atoms with van der Waals surface area (Å²) in [4.78, 5) is 36.6. The maximum Gasteiger partial charge on any atom is 0.407 e. The van der Waals surface area contributed by atoms with Crippen LogP contribution in [0.25, 0.3) is 0 Å². The SMILES string of the molecule is CCOC(=O)CN(CCCCCCNC(=O)OC(C)(C)C)CC(=O)OCC. The van der Waals surface area contributed by atoms with Crippen LogP contribution in [0.3, 0.4) is 0 Å². The maximum absolute atomic E-state index is 11.7. The lowest BCUT2D eigenvalue weighted by atomic mass is 10.2. The van der Waals surface area contributed by atoms with E-state index in [1.54, 1.807) is 18.7 Å². The molecule has 0 aliphatic heterocycles. The summed E-state index contributed by atoms with van der Waals surface area (Å²) in [5, 5.41) is 2.73. The summed E-state index contributed by atoms with van der Waals surface area (Å²) in [6.45, 7) is 10.9. The lowest BCUT2D eigenvalue weighted by molar-refractivity contribution is -0.148. The van der Waals surface area contributed by atoms with Crippen LogP contribution in [0.5, 0.6) is 0 Å². The number of hydrogen-bond acceptors (Lipinski definition) is 7. The van der Waals surface area contributed by atoms with E-state index in [0.717, 1.165) is 25.7 Å². The summed E-state index contributed by atoms with van der Waals surface area (Å²) in [6.07, 6.45) is 3.14. The standard InChI is InChI=1S/C19H36N2O6/c1-6-25-16(22)14-21(15-17(23)26-7-2)13-11-9-8-10-12-20-18(24)27-19(3,4)5/h6-15H2,1-5H3,(H,20,24). The van der Waals surface area contributed by atoms with Gasteiger partial charge in [0.1, 0.15) is 5.60 Å². The molecule has 0 heterocycles. The number of hydrogen-bond donors (Lipinski definition) is 1. The van der Waals surface area contributed by atoms with E-state index >= 15 is 0 Å². The molecule has 0 spiro atoms. The molecule has 0 saturated heterocycles. The minimum Gasteiger partial charge on any atom is -0.465 e. The average Bonchev–Trinajstić information content (AvgIpc) is 2.52. The first-order chi connectivity index (χ1) is 12.7. The molecule has 0 saturated carbocycles. The lowest BCUT2D eigenvalue weighted by Gasteiger charge is -2.20. The molecule has 0 rings (SSSR count). The van der Waals surface area contributed by atoms with Gasteiger partial charge in [0.2, 0.25) is 0 Å². The van der Waals surface area contributed by atoms with Gasteiger partial charge in [0, 0.05) is 6.54 Å². The van der Waals surface area contributed by atoms with E-state index < -0.39 is 11.7 Å². The van der Waals surface area contributed by atoms with Crippen LogP contribution in [-0.4, -0.2) is 67.9 Å². The Balaban J connectivity index is 4.01. The van der Waals surface area contributed by atoms with Gasteiger partial charge < -0.3 is 19.5 Å². The van der Waals surface area contributed by atoms with E-state index in [1.807, 2.05) is 20.8 Å². The Morgan fingerprint density at radius 3 is 1.85 bits per heavy atom. The molecule has 0 aliphatic rings. The zero-order valence-electron chi connectivity index (χ0n) is 17.5. The molecule has 0 aromatic carbocycles. The van der Waals surface area contributed by atoms with Crippen LogP contribution in [0.4, 0.5) is 4.79 Å². The molecule has 27 heavy (non-hydrogen) atoms. The van der Waals surface area contributed by atoms with Crippen molar-refractivity contribution >= 4 is 18.0 Å². The van der Waals surface area contributed by atoms with E-state index in [0.29, 0.717) is 26.3 Å². The predicted octanol–water partition coefficient (Wildman–Crippen LogP) is 2.50. The van der Waals surface area contributed by atoms with Gasteiger partial charge >= 0.3 is 18.0 Å². The van der Waals surface area contributed by atoms with Crippen molar-refractivity contribution in [2.75, 3.05) is 39.4 Å². The van der Waals surface area contributed by atoms with Crippen molar-refractivity contribution < 1.29 is 28.6 Å². The first-order valence-electron chi connectivity index (χ1n) is 9.68. The molecule has 0 atom stereocenters. The van der Waals surface area contributed by atoms with Crippen LogP contribution in [0.15, 0.2) is 0 Å². The average molecular weight is 389 g/mol. The van der Waals surface area contributed by atoms with E-state index in [2.05, 4.69) is 5.32 Å². The van der Waals surface area contributed by atoms with Crippen LogP contribution < -0.4 is 5.32 Å². The lowest BCUT2D eigenvalue weighted by Crippen LogP contribution is -2.36. The Hall–Kier alpha value is -1.83. The maximum atomic E-state index is 11.7. The molecule has 0 unspecified atom stereocenters. The smallest absolute Gasteiger partial charge is 0.407 e. The fraction of sp³-hybridized carbons (Fsp3) is 0.842. The molecule has 8 nitrogen and oxygen atoms in total. The Bertz CT molecular complexity index is 428. The van der Waals surface area contributed by atoms with Crippen molar-refractivity contribution in [2.24, 2.45) is 0 Å². The van der Waals surface area contributed by atoms with Crippen LogP contribution in [-0.2, 0) is 23.8 Å². The van der Waals surface area contributed by atoms with E-state index in [1.165, 1.54) is 0 Å². The molecular weight excluding hydrogens is 352 g/mol. The van der Waals surface area contributed by atoms with Gasteiger partial charge in [0.25, 0.3) is 0 Å². The van der Waals surface area contributed by atoms with E-state index in [9.17, 15) is 14.4 Å². The van der Waals surface area contributed by atoms with Gasteiger partial charge in [-0.1, -0.05) is 12.8 Å². The van der Waals surface area contributed by atoms with Gasteiger partial charge in [-0.05, 0) is 54.0 Å². The first kappa shape index (κ1) is 25.2. The van der Waals surface area contributed by atoms with Gasteiger partial charge in [-0.3, -0.25) is 14.5 Å². The zero-order valence-corrected chi connectivity index (χ0v) is 17.5. The highest BCUT2D eigenvalue weighted by molar-refractivity contribution is 5.75. The summed E-state index contributed by atoms with van der Waals surface area (Å²) in [7, 11) is 0. The van der Waals surface area contributed by atoms with Gasteiger partial charge in [-0.15, -0.1) is 0 Å². The van der Waals surface area contributed by atoms with Gasteiger partial charge in [-0.2, -0.15) is 0 Å². The van der Waals surface area contributed by atoms with Crippen molar-refractivity contribution in [3.8, 4) is 0 Å². The number of amides is 1. The fourth-order valence-electron chi connectivity index (χ4n) is 2.31. The number of carbonyl (C=O) groups excluding carboxylic acids is 3. The summed E-state index contributed by atoms with van der Waals surface area (Å²) in [5.41, 5.74) is -0.495. The highest BCUT2D eigenvalue weighted by atomic mass is 16.6. The first-order valence-corrected chi connectivity index (χ1v) is 9.68. The number of carbonyl (C=O) groups is 3. The molecule has 1 amide bonds. The topological polar surface area (TPSA) is 94.2 Å². The van der Waals surface area contributed by atoms with Crippen molar-refractivity contribution in [3.05, 3.63) is 0 Å². The Morgan fingerprint density at radius 1 is 0.852 bits per heavy atom. The highest BCUT2D eigenvalue weighted by Gasteiger charge is 2.16. The molecule has 158 valence electrons. The number of rotatable bonds is 13. The Labute approximate surface area is 162 Å². The second-order valence-electron chi connectivity index (χ2n) is 7.16. The quantitative estimate of drug-likeness (QED) is 0.294. The summed E-state index contributed by atoms with van der Waals surface area (Å²) in [6, 6.07) is 0. The van der Waals surface area contributed by atoms with Crippen LogP contribution in [0, 0.1) is 0 Å². The monoisotopic (exact) mass is 388 g/mol. The molecule has 0 fully saturated rings. The zero-order chi connectivity index (χ0) is 20.7. The minimum absolute atomic E-state index is 0.0762. The third kappa shape index (κ3) is 16.1. The number of alkyl carbamates (subject to hydrolysis) is 1. The van der Waals surface area contributed by atoms with Crippen LogP contribution in [0.1, 0.15) is 60.3 Å². The van der Waals surface area contributed by atoms with Crippen LogP contribution in [0.2, 0.25) is 0 Å². The molecule has 8 heteroatoms. The highest BCUT2D eigenvalue weighted by Crippen LogP contribution is 2.07. The number of esters is 2. The van der Waals surface area contributed by atoms with E-state index in [4.69, 9.17) is 14.2 Å². The summed E-state index contributed by atoms with van der Waals surface area (Å²) >= 11 is 0. The minimum atomic E-state index is -0.495. The second-order valence-corrected chi connectivity index (χ2v) is 7.16. The van der Waals surface area contributed by atoms with Gasteiger partial charge in [0.05, 0.1) is 26.3 Å². The number of ether oxygens (including phenoxy) is 3. The molecule has 0 aromatic rings. The molecule has 0 radical (unpaired) electrons. The number of nitrogens with one attached hydrogen (secondary N) is 1. The molecule has 1 N–H and O–H groups in total. The molecule has 0 aliphatic carbocycles. The fourth-order valence-corrected chi connectivity index (χ4v) is 2.31. The van der Waals surface area contributed by atoms with Crippen LogP contribution >= 0.6 is 0 Å². The van der Waals surface area contributed by atoms with Crippen molar-refractivity contribution in [1.29, 1.82) is 0 Å². The molecule has 0 bridgehead atoms. The van der Waals surface area contributed by atoms with Crippen molar-refractivity contribution in [3.63, 3.8) is 0 Å². The van der Waals surface area contributed by atoms with Gasteiger partial charge in [0.15, 0.2) is 0 Å². The largest absolute Gasteiger partial charge is 0.465 e. The Morgan fingerprint density at radius 2 is 1.37 bits per heavy atom. The normalized spacial score (nSPS) is 11.2. The number of nitrogens with zero attached hydrogens (tertiary/aromatic N) is 1. The third-order valence-corrected chi connectivity index (χ3v) is 3.39. The van der Waals surface area contributed by atoms with E-state index in [-0.39, 0.29) is 25.0 Å². The van der Waals surface area contributed by atoms with Crippen molar-refractivity contribution in [2.45, 2.75) is 65.9 Å². The Kier molecular flexibility index (Phi) is 13.3. The molecular formula is C19H36N2O6. The van der Waals surface area contributed by atoms with Crippen molar-refractivity contribution in [1.82, 2.24) is 10.2 Å². The molecule has 0 aromatic heterocycles. The number of unbranched alkanes of at least 4 members (excludes halogenated alkanes) is 3. The van der Waals surface area contributed by atoms with Gasteiger partial charge in [-0.25, -0.2) is 4.79 Å². The predicted molar refractivity (Wildman–Crippen MR) is 102 cm³/mol.